The topological polar surface area (TPSA) is 38.3 Å². The minimum atomic E-state index is -4.46. The monoisotopic (exact) mass is 229 g/mol. The van der Waals surface area contributed by atoms with Crippen LogP contribution in [0.15, 0.2) is 0 Å². The number of rotatable bonds is 2. The maximum absolute atomic E-state index is 11.6. The van der Waals surface area contributed by atoms with Gasteiger partial charge < -0.3 is 10.1 Å². The van der Waals surface area contributed by atoms with E-state index < -0.39 is 18.9 Å². The Kier molecular flexibility index (Phi) is 3.91. The van der Waals surface area contributed by atoms with Crippen molar-refractivity contribution in [3.8, 4) is 0 Å². The van der Waals surface area contributed by atoms with Crippen LogP contribution in [0.5, 0.6) is 0 Å². The van der Waals surface area contributed by atoms with Crippen molar-refractivity contribution in [2.24, 2.45) is 0 Å². The second kappa shape index (κ2) is 4.77. The van der Waals surface area contributed by atoms with Crippen LogP contribution in [0.4, 0.5) is 18.0 Å². The summed E-state index contributed by atoms with van der Waals surface area (Å²) in [6.07, 6.45) is -4.66. The quantitative estimate of drug-likeness (QED) is 0.784. The van der Waals surface area contributed by atoms with E-state index in [9.17, 15) is 18.0 Å². The van der Waals surface area contributed by atoms with Gasteiger partial charge in [-0.1, -0.05) is 0 Å². The van der Waals surface area contributed by atoms with Crippen LogP contribution >= 0.6 is 11.8 Å². The van der Waals surface area contributed by atoms with Crippen molar-refractivity contribution in [3.05, 3.63) is 0 Å². The molecular formula is C7H10F3NO2S. The van der Waals surface area contributed by atoms with E-state index in [-0.39, 0.29) is 6.04 Å². The first-order valence-corrected chi connectivity index (χ1v) is 5.20. The first kappa shape index (κ1) is 11.5. The van der Waals surface area contributed by atoms with E-state index in [0.29, 0.717) is 0 Å². The molecule has 1 unspecified atom stereocenters. The van der Waals surface area contributed by atoms with Crippen LogP contribution in [0.1, 0.15) is 6.42 Å². The summed E-state index contributed by atoms with van der Waals surface area (Å²) >= 11 is 1.66. The number of alkyl carbamates (subject to hydrolysis) is 1. The predicted octanol–water partition coefficient (Wildman–Crippen LogP) is 1.78. The Morgan fingerprint density at radius 3 is 2.79 bits per heavy atom. The van der Waals surface area contributed by atoms with Gasteiger partial charge in [-0.3, -0.25) is 0 Å². The minimum Gasteiger partial charge on any atom is -0.440 e. The fourth-order valence-electron chi connectivity index (χ4n) is 1.00. The van der Waals surface area contributed by atoms with Gasteiger partial charge in [-0.25, -0.2) is 4.79 Å². The Bertz CT molecular complexity index is 204. The van der Waals surface area contributed by atoms with Gasteiger partial charge in [0.15, 0.2) is 6.61 Å². The molecule has 1 amide bonds. The molecule has 1 N–H and O–H groups in total. The molecule has 1 rings (SSSR count). The third-order valence-corrected chi connectivity index (χ3v) is 2.78. The highest BCUT2D eigenvalue weighted by Gasteiger charge is 2.30. The molecule has 0 radical (unpaired) electrons. The largest absolute Gasteiger partial charge is 0.440 e. The summed E-state index contributed by atoms with van der Waals surface area (Å²) in [7, 11) is 0. The number of amides is 1. The fourth-order valence-corrected chi connectivity index (χ4v) is 2.16. The molecule has 0 aromatic carbocycles. The molecule has 0 spiro atoms. The van der Waals surface area contributed by atoms with Gasteiger partial charge in [0.25, 0.3) is 0 Å². The summed E-state index contributed by atoms with van der Waals surface area (Å²) in [4.78, 5) is 10.8. The van der Waals surface area contributed by atoms with Crippen LogP contribution in [0.3, 0.4) is 0 Å². The highest BCUT2D eigenvalue weighted by Crippen LogP contribution is 2.18. The number of nitrogens with one attached hydrogen (secondary N) is 1. The molecule has 0 bridgehead atoms. The maximum Gasteiger partial charge on any atom is 0.422 e. The minimum absolute atomic E-state index is 0.0549. The highest BCUT2D eigenvalue weighted by atomic mass is 32.2. The number of ether oxygens (including phenoxy) is 1. The molecule has 1 fully saturated rings. The van der Waals surface area contributed by atoms with E-state index in [1.807, 2.05) is 0 Å². The lowest BCUT2D eigenvalue weighted by Crippen LogP contribution is -2.36. The number of halogens is 3. The first-order chi connectivity index (χ1) is 6.47. The van der Waals surface area contributed by atoms with Gasteiger partial charge in [0.2, 0.25) is 0 Å². The van der Waals surface area contributed by atoms with Gasteiger partial charge in [0, 0.05) is 11.8 Å². The van der Waals surface area contributed by atoms with Crippen molar-refractivity contribution in [1.82, 2.24) is 5.32 Å². The lowest BCUT2D eigenvalue weighted by molar-refractivity contribution is -0.160. The van der Waals surface area contributed by atoms with Gasteiger partial charge >= 0.3 is 12.3 Å². The van der Waals surface area contributed by atoms with Gasteiger partial charge in [0.05, 0.1) is 0 Å². The van der Waals surface area contributed by atoms with E-state index in [1.54, 1.807) is 11.8 Å². The molecule has 1 aliphatic rings. The molecule has 0 aliphatic carbocycles. The number of alkyl halides is 3. The molecular weight excluding hydrogens is 219 g/mol. The summed E-state index contributed by atoms with van der Waals surface area (Å²) in [5, 5.41) is 2.37. The van der Waals surface area contributed by atoms with Gasteiger partial charge in [-0.15, -0.1) is 0 Å². The Morgan fingerprint density at radius 1 is 1.57 bits per heavy atom. The van der Waals surface area contributed by atoms with E-state index in [4.69, 9.17) is 0 Å². The second-order valence-electron chi connectivity index (χ2n) is 2.90. The normalized spacial score (nSPS) is 22.1. The Balaban J connectivity index is 2.15. The molecule has 1 atom stereocenters. The summed E-state index contributed by atoms with van der Waals surface area (Å²) < 4.78 is 38.8. The van der Waals surface area contributed by atoms with Crippen molar-refractivity contribution >= 4 is 17.9 Å². The Morgan fingerprint density at radius 2 is 2.29 bits per heavy atom. The molecule has 82 valence electrons. The van der Waals surface area contributed by atoms with Crippen molar-refractivity contribution < 1.29 is 22.7 Å². The van der Waals surface area contributed by atoms with Gasteiger partial charge in [-0.2, -0.15) is 24.9 Å². The third-order valence-electron chi connectivity index (χ3n) is 1.62. The van der Waals surface area contributed by atoms with E-state index in [1.165, 1.54) is 0 Å². The standard InChI is InChI=1S/C7H10F3NO2S/c8-7(9,10)4-13-6(12)11-5-1-2-14-3-5/h5H,1-4H2,(H,11,12). The van der Waals surface area contributed by atoms with E-state index in [0.717, 1.165) is 17.9 Å². The smallest absolute Gasteiger partial charge is 0.422 e. The highest BCUT2D eigenvalue weighted by molar-refractivity contribution is 7.99. The molecule has 1 aliphatic heterocycles. The molecule has 7 heteroatoms. The van der Waals surface area contributed by atoms with Crippen molar-refractivity contribution in [2.45, 2.75) is 18.6 Å². The molecule has 1 saturated heterocycles. The predicted molar refractivity (Wildman–Crippen MR) is 46.3 cm³/mol. The summed E-state index contributed by atoms with van der Waals surface area (Å²) in [5.74, 6) is 1.66. The lowest BCUT2D eigenvalue weighted by atomic mass is 10.3. The SMILES string of the molecule is O=C(NC1CCSC1)OCC(F)(F)F. The van der Waals surface area contributed by atoms with Crippen molar-refractivity contribution in [1.29, 1.82) is 0 Å². The average Bonchev–Trinajstić information content (AvgIpc) is 2.52. The summed E-state index contributed by atoms with van der Waals surface area (Å²) in [5.41, 5.74) is 0. The first-order valence-electron chi connectivity index (χ1n) is 4.05. The number of hydrogen-bond acceptors (Lipinski definition) is 3. The number of carbonyl (C=O) groups is 1. The fraction of sp³-hybridized carbons (Fsp3) is 0.857. The van der Waals surface area contributed by atoms with Crippen LogP contribution in [0, 0.1) is 0 Å². The Labute approximate surface area is 83.4 Å². The molecule has 0 aromatic rings. The van der Waals surface area contributed by atoms with Crippen molar-refractivity contribution in [2.75, 3.05) is 18.1 Å². The van der Waals surface area contributed by atoms with E-state index in [2.05, 4.69) is 10.1 Å². The zero-order chi connectivity index (χ0) is 10.6. The number of hydrogen-bond donors (Lipinski definition) is 1. The van der Waals surface area contributed by atoms with Crippen LogP contribution in [-0.2, 0) is 4.74 Å². The van der Waals surface area contributed by atoms with Gasteiger partial charge in [-0.05, 0) is 12.2 Å². The number of carbonyl (C=O) groups excluding carboxylic acids is 1. The zero-order valence-electron chi connectivity index (χ0n) is 7.26. The Hall–Kier alpha value is -0.590. The maximum atomic E-state index is 11.6. The average molecular weight is 229 g/mol. The summed E-state index contributed by atoms with van der Waals surface area (Å²) in [6, 6.07) is -0.0549. The molecule has 14 heavy (non-hydrogen) atoms. The van der Waals surface area contributed by atoms with Gasteiger partial charge in [0.1, 0.15) is 0 Å². The molecule has 0 aromatic heterocycles. The third kappa shape index (κ3) is 4.59. The zero-order valence-corrected chi connectivity index (χ0v) is 8.08. The summed E-state index contributed by atoms with van der Waals surface area (Å²) in [6.45, 7) is -1.53. The number of thioether (sulfide) groups is 1. The van der Waals surface area contributed by atoms with Crippen LogP contribution in [0.2, 0.25) is 0 Å². The molecule has 0 saturated carbocycles. The van der Waals surface area contributed by atoms with Crippen molar-refractivity contribution in [3.63, 3.8) is 0 Å². The van der Waals surface area contributed by atoms with Crippen LogP contribution in [-0.4, -0.2) is 36.4 Å². The lowest BCUT2D eigenvalue weighted by Gasteiger charge is -2.12. The van der Waals surface area contributed by atoms with E-state index >= 15 is 0 Å². The molecule has 1 heterocycles. The van der Waals surface area contributed by atoms with Crippen LogP contribution < -0.4 is 5.32 Å². The molecule has 3 nitrogen and oxygen atoms in total. The van der Waals surface area contributed by atoms with Crippen LogP contribution in [0.25, 0.3) is 0 Å². The second-order valence-corrected chi connectivity index (χ2v) is 4.05.